The fourth-order valence-corrected chi connectivity index (χ4v) is 2.56. The Hall–Kier alpha value is -1.36. The number of hydrogen-bond acceptors (Lipinski definition) is 3. The molecular formula is C11H17N3O2. The number of nitrogens with zero attached hydrogens (tertiary/aromatic N) is 1. The normalized spacial score (nSPS) is 24.8. The first-order valence-electron chi connectivity index (χ1n) is 5.72. The van der Waals surface area contributed by atoms with Crippen LogP contribution in [0.2, 0.25) is 0 Å². The zero-order valence-electron chi connectivity index (χ0n) is 9.19. The predicted molar refractivity (Wildman–Crippen MR) is 61.4 cm³/mol. The summed E-state index contributed by atoms with van der Waals surface area (Å²) in [7, 11) is 0. The van der Waals surface area contributed by atoms with Crippen LogP contribution in [0.5, 0.6) is 0 Å². The number of aromatic amines is 1. The van der Waals surface area contributed by atoms with Gasteiger partial charge >= 0.3 is 5.69 Å². The van der Waals surface area contributed by atoms with Gasteiger partial charge in [0, 0.05) is 18.3 Å². The molecule has 0 radical (unpaired) electrons. The third-order valence-corrected chi connectivity index (χ3v) is 3.34. The van der Waals surface area contributed by atoms with Gasteiger partial charge in [-0.05, 0) is 38.1 Å². The number of H-pyrrole nitrogens is 1. The molecule has 0 saturated heterocycles. The Balaban J connectivity index is 2.21. The van der Waals surface area contributed by atoms with Gasteiger partial charge < -0.3 is 10.7 Å². The summed E-state index contributed by atoms with van der Waals surface area (Å²) >= 11 is 0. The lowest BCUT2D eigenvalue weighted by Crippen LogP contribution is -2.36. The number of rotatable bonds is 3. The lowest BCUT2D eigenvalue weighted by molar-refractivity contribution is 0.439. The molecule has 1 fully saturated rings. The van der Waals surface area contributed by atoms with E-state index in [4.69, 9.17) is 5.73 Å². The average Bonchev–Trinajstić information content (AvgIpc) is 2.67. The van der Waals surface area contributed by atoms with E-state index in [1.165, 1.54) is 16.8 Å². The van der Waals surface area contributed by atoms with Gasteiger partial charge in [-0.15, -0.1) is 0 Å². The molecule has 0 amide bonds. The summed E-state index contributed by atoms with van der Waals surface area (Å²) in [6.45, 7) is 0.678. The standard InChI is InChI=1S/C11H17N3O2/c12-5-3-8-1-2-9(7-8)14-10(15)4-6-13-11(14)16/h4,6,8-9H,1-3,5,7,12H2,(H,13,16). The first-order chi connectivity index (χ1) is 7.72. The Bertz CT molecular complexity index is 435. The van der Waals surface area contributed by atoms with Gasteiger partial charge in [0.25, 0.3) is 5.56 Å². The van der Waals surface area contributed by atoms with Crippen molar-refractivity contribution < 1.29 is 0 Å². The van der Waals surface area contributed by atoms with Gasteiger partial charge in [0.1, 0.15) is 0 Å². The summed E-state index contributed by atoms with van der Waals surface area (Å²) in [4.78, 5) is 25.7. The molecule has 0 aromatic carbocycles. The van der Waals surface area contributed by atoms with Gasteiger partial charge in [0.05, 0.1) is 0 Å². The summed E-state index contributed by atoms with van der Waals surface area (Å²) in [6.07, 6.45) is 5.23. The van der Waals surface area contributed by atoms with Crippen molar-refractivity contribution in [2.75, 3.05) is 6.54 Å². The van der Waals surface area contributed by atoms with Crippen molar-refractivity contribution in [2.24, 2.45) is 11.7 Å². The Morgan fingerprint density at radius 1 is 1.44 bits per heavy atom. The summed E-state index contributed by atoms with van der Waals surface area (Å²) in [5.41, 5.74) is 5.01. The van der Waals surface area contributed by atoms with Crippen LogP contribution < -0.4 is 17.0 Å². The highest BCUT2D eigenvalue weighted by Gasteiger charge is 2.26. The molecule has 2 rings (SSSR count). The lowest BCUT2D eigenvalue weighted by atomic mass is 10.0. The molecule has 1 saturated carbocycles. The van der Waals surface area contributed by atoms with E-state index >= 15 is 0 Å². The maximum atomic E-state index is 11.6. The first-order valence-corrected chi connectivity index (χ1v) is 5.72. The largest absolute Gasteiger partial charge is 0.330 e. The molecule has 1 aromatic rings. The van der Waals surface area contributed by atoms with E-state index in [2.05, 4.69) is 4.98 Å². The van der Waals surface area contributed by atoms with Crippen LogP contribution in [-0.2, 0) is 0 Å². The van der Waals surface area contributed by atoms with Crippen LogP contribution in [-0.4, -0.2) is 16.1 Å². The summed E-state index contributed by atoms with van der Waals surface area (Å²) in [6, 6.07) is 1.45. The molecule has 2 atom stereocenters. The second-order valence-electron chi connectivity index (χ2n) is 4.40. The van der Waals surface area contributed by atoms with Crippen molar-refractivity contribution in [1.82, 2.24) is 9.55 Å². The summed E-state index contributed by atoms with van der Waals surface area (Å²) < 4.78 is 1.34. The Morgan fingerprint density at radius 2 is 2.25 bits per heavy atom. The van der Waals surface area contributed by atoms with Gasteiger partial charge in [-0.2, -0.15) is 0 Å². The number of hydrogen-bond donors (Lipinski definition) is 2. The van der Waals surface area contributed by atoms with Crippen LogP contribution in [0.3, 0.4) is 0 Å². The van der Waals surface area contributed by atoms with Crippen LogP contribution in [0.4, 0.5) is 0 Å². The monoisotopic (exact) mass is 223 g/mol. The Morgan fingerprint density at radius 3 is 2.94 bits per heavy atom. The molecule has 5 nitrogen and oxygen atoms in total. The van der Waals surface area contributed by atoms with Crippen LogP contribution >= 0.6 is 0 Å². The zero-order valence-corrected chi connectivity index (χ0v) is 9.19. The van der Waals surface area contributed by atoms with Gasteiger partial charge in [-0.25, -0.2) is 4.79 Å². The third-order valence-electron chi connectivity index (χ3n) is 3.34. The van der Waals surface area contributed by atoms with Gasteiger partial charge in [0.15, 0.2) is 0 Å². The second-order valence-corrected chi connectivity index (χ2v) is 4.40. The number of aromatic nitrogens is 2. The molecule has 1 aromatic heterocycles. The molecule has 3 N–H and O–H groups in total. The minimum Gasteiger partial charge on any atom is -0.330 e. The minimum atomic E-state index is -0.300. The highest BCUT2D eigenvalue weighted by molar-refractivity contribution is 4.89. The molecule has 1 aliphatic carbocycles. The quantitative estimate of drug-likeness (QED) is 0.769. The fraction of sp³-hybridized carbons (Fsp3) is 0.636. The van der Waals surface area contributed by atoms with Crippen LogP contribution in [0, 0.1) is 5.92 Å². The van der Waals surface area contributed by atoms with E-state index in [-0.39, 0.29) is 17.3 Å². The van der Waals surface area contributed by atoms with Crippen LogP contribution in [0.15, 0.2) is 21.9 Å². The van der Waals surface area contributed by atoms with Gasteiger partial charge in [-0.3, -0.25) is 9.36 Å². The molecule has 88 valence electrons. The highest BCUT2D eigenvalue weighted by atomic mass is 16.2. The topological polar surface area (TPSA) is 80.9 Å². The van der Waals surface area contributed by atoms with Crippen molar-refractivity contribution in [1.29, 1.82) is 0 Å². The zero-order chi connectivity index (χ0) is 11.5. The van der Waals surface area contributed by atoms with Crippen LogP contribution in [0.1, 0.15) is 31.7 Å². The minimum absolute atomic E-state index is 0.0500. The number of nitrogens with one attached hydrogen (secondary N) is 1. The van der Waals surface area contributed by atoms with E-state index in [1.54, 1.807) is 0 Å². The van der Waals surface area contributed by atoms with Crippen LogP contribution in [0.25, 0.3) is 0 Å². The average molecular weight is 223 g/mol. The predicted octanol–water partition coefficient (Wildman–Crippen LogP) is 0.227. The van der Waals surface area contributed by atoms with Crippen molar-refractivity contribution >= 4 is 0 Å². The fourth-order valence-electron chi connectivity index (χ4n) is 2.56. The van der Waals surface area contributed by atoms with Crippen molar-refractivity contribution in [3.63, 3.8) is 0 Å². The van der Waals surface area contributed by atoms with E-state index in [0.717, 1.165) is 25.7 Å². The SMILES string of the molecule is NCCC1CCC(n2c(=O)cc[nH]c2=O)C1. The Kier molecular flexibility index (Phi) is 3.24. The van der Waals surface area contributed by atoms with E-state index in [1.807, 2.05) is 0 Å². The Labute approximate surface area is 93.3 Å². The number of nitrogens with two attached hydrogens (primary N) is 1. The first kappa shape index (κ1) is 11.1. The molecule has 5 heteroatoms. The van der Waals surface area contributed by atoms with E-state index in [9.17, 15) is 9.59 Å². The lowest BCUT2D eigenvalue weighted by Gasteiger charge is -2.12. The highest BCUT2D eigenvalue weighted by Crippen LogP contribution is 2.34. The molecular weight excluding hydrogens is 206 g/mol. The smallest absolute Gasteiger partial charge is 0.328 e. The molecule has 1 heterocycles. The third kappa shape index (κ3) is 2.09. The maximum absolute atomic E-state index is 11.6. The molecule has 0 bridgehead atoms. The van der Waals surface area contributed by atoms with Crippen molar-refractivity contribution in [2.45, 2.75) is 31.7 Å². The van der Waals surface area contributed by atoms with Crippen molar-refractivity contribution in [3.8, 4) is 0 Å². The van der Waals surface area contributed by atoms with E-state index in [0.29, 0.717) is 12.5 Å². The molecule has 0 aliphatic heterocycles. The molecule has 1 aliphatic rings. The molecule has 2 unspecified atom stereocenters. The van der Waals surface area contributed by atoms with E-state index < -0.39 is 0 Å². The van der Waals surface area contributed by atoms with Crippen molar-refractivity contribution in [3.05, 3.63) is 33.1 Å². The van der Waals surface area contributed by atoms with Gasteiger partial charge in [-0.1, -0.05) is 0 Å². The summed E-state index contributed by atoms with van der Waals surface area (Å²) in [5.74, 6) is 0.557. The summed E-state index contributed by atoms with van der Waals surface area (Å²) in [5, 5.41) is 0. The van der Waals surface area contributed by atoms with Gasteiger partial charge in [0.2, 0.25) is 0 Å². The maximum Gasteiger partial charge on any atom is 0.328 e. The molecule has 16 heavy (non-hydrogen) atoms. The second kappa shape index (κ2) is 4.65. The molecule has 0 spiro atoms.